The molecule has 1 amide bonds. The van der Waals surface area contributed by atoms with Crippen LogP contribution in [0.1, 0.15) is 63.4 Å². The van der Waals surface area contributed by atoms with Gasteiger partial charge in [0.2, 0.25) is 5.91 Å². The molecule has 1 fully saturated rings. The summed E-state index contributed by atoms with van der Waals surface area (Å²) < 4.78 is 11.2. The molecule has 1 atom stereocenters. The van der Waals surface area contributed by atoms with Crippen LogP contribution in [-0.4, -0.2) is 25.2 Å². The summed E-state index contributed by atoms with van der Waals surface area (Å²) in [4.78, 5) is 12.3. The van der Waals surface area contributed by atoms with Crippen molar-refractivity contribution >= 4 is 5.91 Å². The lowest BCUT2D eigenvalue weighted by molar-refractivity contribution is -0.122. The first-order chi connectivity index (χ1) is 11.2. The molecular formula is C19H27NO3. The highest BCUT2D eigenvalue weighted by molar-refractivity contribution is 5.77. The number of amides is 1. The van der Waals surface area contributed by atoms with E-state index in [9.17, 15) is 4.79 Å². The first-order valence-electron chi connectivity index (χ1n) is 8.91. The largest absolute Gasteiger partial charge is 0.486 e. The Labute approximate surface area is 138 Å². The molecule has 1 aromatic rings. The number of rotatable bonds is 4. The Kier molecular flexibility index (Phi) is 5.42. The van der Waals surface area contributed by atoms with Crippen molar-refractivity contribution in [2.75, 3.05) is 13.2 Å². The molecule has 1 unspecified atom stereocenters. The molecular weight excluding hydrogens is 290 g/mol. The second-order valence-corrected chi connectivity index (χ2v) is 6.76. The Morgan fingerprint density at radius 2 is 1.83 bits per heavy atom. The highest BCUT2D eigenvalue weighted by Gasteiger charge is 2.19. The summed E-state index contributed by atoms with van der Waals surface area (Å²) in [5.74, 6) is 1.94. The van der Waals surface area contributed by atoms with E-state index in [-0.39, 0.29) is 11.8 Å². The van der Waals surface area contributed by atoms with Gasteiger partial charge in [0.1, 0.15) is 13.2 Å². The van der Waals surface area contributed by atoms with Gasteiger partial charge in [-0.25, -0.2) is 0 Å². The van der Waals surface area contributed by atoms with Crippen LogP contribution in [0.5, 0.6) is 11.5 Å². The van der Waals surface area contributed by atoms with Gasteiger partial charge >= 0.3 is 0 Å². The second-order valence-electron chi connectivity index (χ2n) is 6.76. The molecule has 0 bridgehead atoms. The number of nitrogens with one attached hydrogen (secondary N) is 1. The van der Waals surface area contributed by atoms with Crippen molar-refractivity contribution in [3.05, 3.63) is 23.8 Å². The number of fused-ring (bicyclic) bond motifs is 1. The standard InChI is InChI=1S/C19H27NO3/c1-14(12-19(21)20-16-6-4-2-3-5-7-16)15-8-9-17-18(13-15)23-11-10-22-17/h8-9,13-14,16H,2-7,10-12H2,1H3,(H,20,21). The fraction of sp³-hybridized carbons (Fsp3) is 0.632. The van der Waals surface area contributed by atoms with Crippen LogP contribution in [0.2, 0.25) is 0 Å². The maximum absolute atomic E-state index is 12.3. The zero-order chi connectivity index (χ0) is 16.1. The lowest BCUT2D eigenvalue weighted by Crippen LogP contribution is -2.34. The lowest BCUT2D eigenvalue weighted by atomic mass is 9.96. The van der Waals surface area contributed by atoms with Crippen molar-refractivity contribution in [1.82, 2.24) is 5.32 Å². The predicted molar refractivity (Wildman–Crippen MR) is 90.1 cm³/mol. The quantitative estimate of drug-likeness (QED) is 0.860. The number of hydrogen-bond acceptors (Lipinski definition) is 3. The van der Waals surface area contributed by atoms with Crippen molar-refractivity contribution in [2.24, 2.45) is 0 Å². The van der Waals surface area contributed by atoms with Crippen LogP contribution in [0.15, 0.2) is 18.2 Å². The van der Waals surface area contributed by atoms with E-state index in [0.717, 1.165) is 29.9 Å². The summed E-state index contributed by atoms with van der Waals surface area (Å²) in [6, 6.07) is 6.37. The van der Waals surface area contributed by atoms with E-state index in [4.69, 9.17) is 9.47 Å². The fourth-order valence-electron chi connectivity index (χ4n) is 3.47. The normalized spacial score (nSPS) is 19.7. The van der Waals surface area contributed by atoms with E-state index in [1.54, 1.807) is 0 Å². The van der Waals surface area contributed by atoms with Gasteiger partial charge in [-0.2, -0.15) is 0 Å². The summed E-state index contributed by atoms with van der Waals surface area (Å²) in [7, 11) is 0. The molecule has 23 heavy (non-hydrogen) atoms. The van der Waals surface area contributed by atoms with Crippen LogP contribution < -0.4 is 14.8 Å². The zero-order valence-corrected chi connectivity index (χ0v) is 14.0. The topological polar surface area (TPSA) is 47.6 Å². The molecule has 1 saturated carbocycles. The molecule has 126 valence electrons. The molecule has 3 rings (SSSR count). The van der Waals surface area contributed by atoms with E-state index >= 15 is 0 Å². The summed E-state index contributed by atoms with van der Waals surface area (Å²) in [5, 5.41) is 3.23. The Bertz CT molecular complexity index is 535. The van der Waals surface area contributed by atoms with Gasteiger partial charge in [0.25, 0.3) is 0 Å². The molecule has 1 N–H and O–H groups in total. The minimum atomic E-state index is 0.166. The second kappa shape index (κ2) is 7.71. The molecule has 4 heteroatoms. The fourth-order valence-corrected chi connectivity index (χ4v) is 3.47. The summed E-state index contributed by atoms with van der Waals surface area (Å²) >= 11 is 0. The highest BCUT2D eigenvalue weighted by atomic mass is 16.6. The molecule has 2 aliphatic rings. The van der Waals surface area contributed by atoms with Gasteiger partial charge in [-0.3, -0.25) is 4.79 Å². The van der Waals surface area contributed by atoms with Crippen LogP contribution in [-0.2, 0) is 4.79 Å². The minimum Gasteiger partial charge on any atom is -0.486 e. The third kappa shape index (κ3) is 4.40. The summed E-state index contributed by atoms with van der Waals surface area (Å²) in [6.07, 6.45) is 7.87. The Balaban J connectivity index is 1.55. The van der Waals surface area contributed by atoms with Crippen molar-refractivity contribution in [2.45, 2.75) is 63.8 Å². The van der Waals surface area contributed by atoms with Crippen LogP contribution in [0.3, 0.4) is 0 Å². The molecule has 1 aromatic carbocycles. The molecule has 4 nitrogen and oxygen atoms in total. The number of carbonyl (C=O) groups excluding carboxylic acids is 1. The van der Waals surface area contributed by atoms with Crippen LogP contribution >= 0.6 is 0 Å². The molecule has 0 saturated heterocycles. The third-order valence-corrected chi connectivity index (χ3v) is 4.85. The Morgan fingerprint density at radius 1 is 1.13 bits per heavy atom. The van der Waals surface area contributed by atoms with Gasteiger partial charge in [0.15, 0.2) is 11.5 Å². The predicted octanol–water partition coefficient (Wildman–Crippen LogP) is 3.79. The van der Waals surface area contributed by atoms with Gasteiger partial charge in [-0.05, 0) is 36.5 Å². The van der Waals surface area contributed by atoms with Gasteiger partial charge in [0.05, 0.1) is 0 Å². The zero-order valence-electron chi connectivity index (χ0n) is 14.0. The Morgan fingerprint density at radius 3 is 2.57 bits per heavy atom. The Hall–Kier alpha value is -1.71. The number of ether oxygens (including phenoxy) is 2. The minimum absolute atomic E-state index is 0.166. The lowest BCUT2D eigenvalue weighted by Gasteiger charge is -2.21. The number of hydrogen-bond donors (Lipinski definition) is 1. The average Bonchev–Trinajstić information content (AvgIpc) is 2.83. The van der Waals surface area contributed by atoms with Gasteiger partial charge < -0.3 is 14.8 Å². The summed E-state index contributed by atoms with van der Waals surface area (Å²) in [5.41, 5.74) is 1.13. The van der Waals surface area contributed by atoms with Crippen LogP contribution in [0.25, 0.3) is 0 Å². The van der Waals surface area contributed by atoms with E-state index in [0.29, 0.717) is 25.7 Å². The third-order valence-electron chi connectivity index (χ3n) is 4.85. The van der Waals surface area contributed by atoms with Gasteiger partial charge in [-0.15, -0.1) is 0 Å². The van der Waals surface area contributed by atoms with Crippen molar-refractivity contribution in [3.8, 4) is 11.5 Å². The van der Waals surface area contributed by atoms with E-state index < -0.39 is 0 Å². The monoisotopic (exact) mass is 317 g/mol. The molecule has 1 aliphatic carbocycles. The van der Waals surface area contributed by atoms with E-state index in [1.165, 1.54) is 25.7 Å². The van der Waals surface area contributed by atoms with E-state index in [1.807, 2.05) is 18.2 Å². The van der Waals surface area contributed by atoms with Gasteiger partial charge in [-0.1, -0.05) is 38.7 Å². The maximum Gasteiger partial charge on any atom is 0.220 e. The smallest absolute Gasteiger partial charge is 0.220 e. The molecule has 1 heterocycles. The average molecular weight is 317 g/mol. The number of carbonyl (C=O) groups is 1. The SMILES string of the molecule is CC(CC(=O)NC1CCCCCC1)c1ccc2c(c1)OCCO2. The number of benzene rings is 1. The van der Waals surface area contributed by atoms with Crippen molar-refractivity contribution in [3.63, 3.8) is 0 Å². The highest BCUT2D eigenvalue weighted by Crippen LogP contribution is 2.33. The molecule has 0 radical (unpaired) electrons. The first-order valence-corrected chi connectivity index (χ1v) is 8.91. The molecule has 0 aromatic heterocycles. The van der Waals surface area contributed by atoms with Crippen molar-refractivity contribution in [1.29, 1.82) is 0 Å². The van der Waals surface area contributed by atoms with Crippen molar-refractivity contribution < 1.29 is 14.3 Å². The molecule has 0 spiro atoms. The van der Waals surface area contributed by atoms with E-state index in [2.05, 4.69) is 12.2 Å². The first kappa shape index (κ1) is 16.2. The maximum atomic E-state index is 12.3. The van der Waals surface area contributed by atoms with Crippen LogP contribution in [0, 0.1) is 0 Å². The summed E-state index contributed by atoms with van der Waals surface area (Å²) in [6.45, 7) is 3.29. The van der Waals surface area contributed by atoms with Crippen LogP contribution in [0.4, 0.5) is 0 Å². The van der Waals surface area contributed by atoms with Gasteiger partial charge in [0, 0.05) is 12.5 Å². The molecule has 1 aliphatic heterocycles.